The summed E-state index contributed by atoms with van der Waals surface area (Å²) in [5.74, 6) is 0. The molecule has 3 nitrogen and oxygen atoms in total. The lowest BCUT2D eigenvalue weighted by molar-refractivity contribution is -0.0191. The van der Waals surface area contributed by atoms with Gasteiger partial charge in [-0.25, -0.2) is 0 Å². The summed E-state index contributed by atoms with van der Waals surface area (Å²) in [6.07, 6.45) is 0.283. The topological polar surface area (TPSA) is 24.5 Å². The van der Waals surface area contributed by atoms with Crippen LogP contribution in [0.1, 0.15) is 12.5 Å². The van der Waals surface area contributed by atoms with Crippen LogP contribution in [0.4, 0.5) is 5.69 Å². The minimum atomic E-state index is 0.283. The normalized spacial score (nSPS) is 20.9. The van der Waals surface area contributed by atoms with E-state index >= 15 is 0 Å². The third kappa shape index (κ3) is 3.70. The summed E-state index contributed by atoms with van der Waals surface area (Å²) >= 11 is 3.57. The summed E-state index contributed by atoms with van der Waals surface area (Å²) in [5.41, 5.74) is 2.41. The van der Waals surface area contributed by atoms with Crippen molar-refractivity contribution in [2.45, 2.75) is 20.0 Å². The van der Waals surface area contributed by atoms with Crippen LogP contribution in [0.15, 0.2) is 22.7 Å². The Balaban J connectivity index is 1.89. The predicted molar refractivity (Wildman–Crippen MR) is 79.2 cm³/mol. The van der Waals surface area contributed by atoms with Gasteiger partial charge in [-0.3, -0.25) is 4.90 Å². The molecule has 18 heavy (non-hydrogen) atoms. The summed E-state index contributed by atoms with van der Waals surface area (Å²) in [6, 6.07) is 6.34. The van der Waals surface area contributed by atoms with Crippen molar-refractivity contribution >= 4 is 21.6 Å². The lowest BCUT2D eigenvalue weighted by atomic mass is 10.2. The van der Waals surface area contributed by atoms with Crippen molar-refractivity contribution in [1.29, 1.82) is 0 Å². The number of halogens is 1. The number of anilines is 1. The van der Waals surface area contributed by atoms with Crippen LogP contribution in [0.2, 0.25) is 0 Å². The minimum Gasteiger partial charge on any atom is -0.381 e. The van der Waals surface area contributed by atoms with Crippen LogP contribution in [0.5, 0.6) is 0 Å². The Morgan fingerprint density at radius 3 is 3.11 bits per heavy atom. The standard InChI is InChI=1S/C14H21BrN2O/c1-3-17-6-7-18-12(10-17)9-16-14-8-11(2)4-5-13(14)15/h4-5,8,12,16H,3,6-7,9-10H2,1-2H3. The van der Waals surface area contributed by atoms with Gasteiger partial charge in [0.15, 0.2) is 0 Å². The summed E-state index contributed by atoms with van der Waals surface area (Å²) in [4.78, 5) is 2.43. The molecule has 0 amide bonds. The Kier molecular flexibility index (Phi) is 5.03. The fourth-order valence-corrected chi connectivity index (χ4v) is 2.58. The summed E-state index contributed by atoms with van der Waals surface area (Å²) in [6.45, 7) is 9.19. The van der Waals surface area contributed by atoms with E-state index in [9.17, 15) is 0 Å². The van der Waals surface area contributed by atoms with Crippen molar-refractivity contribution in [1.82, 2.24) is 4.90 Å². The zero-order valence-corrected chi connectivity index (χ0v) is 12.7. The van der Waals surface area contributed by atoms with Crippen molar-refractivity contribution in [3.05, 3.63) is 28.2 Å². The fraction of sp³-hybridized carbons (Fsp3) is 0.571. The third-order valence-corrected chi connectivity index (χ3v) is 4.00. The summed E-state index contributed by atoms with van der Waals surface area (Å²) in [5, 5.41) is 3.47. The van der Waals surface area contributed by atoms with Crippen molar-refractivity contribution in [3.63, 3.8) is 0 Å². The number of nitrogens with zero attached hydrogens (tertiary/aromatic N) is 1. The SMILES string of the molecule is CCN1CCOC(CNc2cc(C)ccc2Br)C1. The molecule has 0 spiro atoms. The smallest absolute Gasteiger partial charge is 0.0874 e. The number of morpholine rings is 1. The molecule has 1 fully saturated rings. The molecule has 2 rings (SSSR count). The Morgan fingerprint density at radius 1 is 1.50 bits per heavy atom. The highest BCUT2D eigenvalue weighted by Gasteiger charge is 2.18. The van der Waals surface area contributed by atoms with Crippen molar-refractivity contribution in [2.75, 3.05) is 38.1 Å². The monoisotopic (exact) mass is 312 g/mol. The molecule has 0 saturated carbocycles. The molecular formula is C14H21BrN2O. The van der Waals surface area contributed by atoms with Gasteiger partial charge in [-0.1, -0.05) is 13.0 Å². The van der Waals surface area contributed by atoms with Crippen LogP contribution < -0.4 is 5.32 Å². The molecule has 1 aromatic rings. The lowest BCUT2D eigenvalue weighted by Crippen LogP contribution is -2.45. The van der Waals surface area contributed by atoms with Gasteiger partial charge in [-0.2, -0.15) is 0 Å². The largest absolute Gasteiger partial charge is 0.381 e. The summed E-state index contributed by atoms with van der Waals surface area (Å²) in [7, 11) is 0. The number of hydrogen-bond donors (Lipinski definition) is 1. The van der Waals surface area contributed by atoms with Crippen LogP contribution in [0.3, 0.4) is 0 Å². The van der Waals surface area contributed by atoms with Gasteiger partial charge in [0, 0.05) is 29.8 Å². The van der Waals surface area contributed by atoms with E-state index in [0.717, 1.165) is 42.9 Å². The molecule has 1 aliphatic rings. The van der Waals surface area contributed by atoms with Crippen molar-refractivity contribution in [3.8, 4) is 0 Å². The molecule has 0 aliphatic carbocycles. The van der Waals surface area contributed by atoms with Crippen molar-refractivity contribution < 1.29 is 4.74 Å². The maximum absolute atomic E-state index is 5.78. The summed E-state index contributed by atoms with van der Waals surface area (Å²) < 4.78 is 6.89. The van der Waals surface area contributed by atoms with E-state index < -0.39 is 0 Å². The predicted octanol–water partition coefficient (Wildman–Crippen LogP) is 2.89. The Bertz CT molecular complexity index is 397. The fourth-order valence-electron chi connectivity index (χ4n) is 2.19. The molecule has 1 saturated heterocycles. The van der Waals surface area contributed by atoms with E-state index in [1.807, 2.05) is 0 Å². The van der Waals surface area contributed by atoms with Gasteiger partial charge >= 0.3 is 0 Å². The molecular weight excluding hydrogens is 292 g/mol. The average molecular weight is 313 g/mol. The zero-order chi connectivity index (χ0) is 13.0. The maximum Gasteiger partial charge on any atom is 0.0874 e. The van der Waals surface area contributed by atoms with E-state index in [4.69, 9.17) is 4.74 Å². The van der Waals surface area contributed by atoms with E-state index in [0.29, 0.717) is 0 Å². The van der Waals surface area contributed by atoms with Crippen molar-refractivity contribution in [2.24, 2.45) is 0 Å². The molecule has 100 valence electrons. The molecule has 1 aliphatic heterocycles. The van der Waals surface area contributed by atoms with Gasteiger partial charge in [0.25, 0.3) is 0 Å². The number of ether oxygens (including phenoxy) is 1. The molecule has 0 radical (unpaired) electrons. The molecule has 0 aromatic heterocycles. The minimum absolute atomic E-state index is 0.283. The van der Waals surface area contributed by atoms with Crippen LogP contribution in [0.25, 0.3) is 0 Å². The molecule has 1 unspecified atom stereocenters. The van der Waals surface area contributed by atoms with Crippen LogP contribution in [-0.2, 0) is 4.74 Å². The Labute approximate surface area is 118 Å². The number of nitrogens with one attached hydrogen (secondary N) is 1. The van der Waals surface area contributed by atoms with Gasteiger partial charge in [-0.15, -0.1) is 0 Å². The second-order valence-corrected chi connectivity index (χ2v) is 5.60. The van der Waals surface area contributed by atoms with Gasteiger partial charge in [0.1, 0.15) is 0 Å². The third-order valence-electron chi connectivity index (χ3n) is 3.31. The first-order chi connectivity index (χ1) is 8.69. The highest BCUT2D eigenvalue weighted by atomic mass is 79.9. The maximum atomic E-state index is 5.78. The molecule has 1 N–H and O–H groups in total. The van der Waals surface area contributed by atoms with Crippen LogP contribution in [-0.4, -0.2) is 43.8 Å². The highest BCUT2D eigenvalue weighted by Crippen LogP contribution is 2.23. The first-order valence-corrected chi connectivity index (χ1v) is 7.32. The second kappa shape index (κ2) is 6.55. The number of hydrogen-bond acceptors (Lipinski definition) is 3. The number of benzene rings is 1. The molecule has 1 atom stereocenters. The van der Waals surface area contributed by atoms with Gasteiger partial charge in [-0.05, 0) is 47.1 Å². The van der Waals surface area contributed by atoms with Crippen LogP contribution >= 0.6 is 15.9 Å². The van der Waals surface area contributed by atoms with E-state index in [-0.39, 0.29) is 6.10 Å². The van der Waals surface area contributed by atoms with Gasteiger partial charge in [0.05, 0.1) is 12.7 Å². The first-order valence-electron chi connectivity index (χ1n) is 6.53. The van der Waals surface area contributed by atoms with Gasteiger partial charge in [0.2, 0.25) is 0 Å². The highest BCUT2D eigenvalue weighted by molar-refractivity contribution is 9.10. The molecule has 4 heteroatoms. The number of rotatable bonds is 4. The first kappa shape index (κ1) is 13.8. The average Bonchev–Trinajstić information content (AvgIpc) is 2.40. The zero-order valence-electron chi connectivity index (χ0n) is 11.1. The molecule has 1 heterocycles. The van der Waals surface area contributed by atoms with E-state index in [1.54, 1.807) is 0 Å². The molecule has 0 bridgehead atoms. The van der Waals surface area contributed by atoms with Gasteiger partial charge < -0.3 is 10.1 Å². The number of aryl methyl sites for hydroxylation is 1. The van der Waals surface area contributed by atoms with E-state index in [2.05, 4.69) is 58.2 Å². The quantitative estimate of drug-likeness (QED) is 0.925. The van der Waals surface area contributed by atoms with E-state index in [1.165, 1.54) is 5.56 Å². The second-order valence-electron chi connectivity index (χ2n) is 4.75. The van der Waals surface area contributed by atoms with Crippen LogP contribution in [0, 0.1) is 6.92 Å². The lowest BCUT2D eigenvalue weighted by Gasteiger charge is -2.32. The Morgan fingerprint density at radius 2 is 2.33 bits per heavy atom. The molecule has 1 aromatic carbocycles. The Hall–Kier alpha value is -0.580. The number of likely N-dealkylation sites (N-methyl/N-ethyl adjacent to an activating group) is 1.